The first kappa shape index (κ1) is 16.3. The molecule has 4 rings (SSSR count). The second kappa shape index (κ2) is 6.64. The molecular weight excluding hydrogens is 350 g/mol. The lowest BCUT2D eigenvalue weighted by Gasteiger charge is -2.17. The van der Waals surface area contributed by atoms with Crippen LogP contribution in [0.5, 0.6) is 0 Å². The second-order valence-electron chi connectivity index (χ2n) is 5.98. The SMILES string of the molecule is Cc1cc(C(=O)Nc2cc(-c3cccs3)[nH]n2)ccc1N1CCNC1=O. The first-order valence-electron chi connectivity index (χ1n) is 8.18. The number of aryl methyl sites for hydroxylation is 1. The van der Waals surface area contributed by atoms with E-state index in [-0.39, 0.29) is 11.9 Å². The van der Waals surface area contributed by atoms with Crippen LogP contribution in [-0.4, -0.2) is 35.2 Å². The summed E-state index contributed by atoms with van der Waals surface area (Å²) in [5.74, 6) is 0.230. The van der Waals surface area contributed by atoms with Crippen molar-refractivity contribution < 1.29 is 9.59 Å². The molecule has 1 fully saturated rings. The quantitative estimate of drug-likeness (QED) is 0.661. The van der Waals surface area contributed by atoms with Crippen molar-refractivity contribution in [1.29, 1.82) is 0 Å². The summed E-state index contributed by atoms with van der Waals surface area (Å²) in [5.41, 5.74) is 3.07. The maximum absolute atomic E-state index is 12.5. The molecule has 3 aromatic rings. The number of nitrogens with zero attached hydrogens (tertiary/aromatic N) is 2. The molecule has 1 aromatic carbocycles. The van der Waals surface area contributed by atoms with Gasteiger partial charge in [-0.2, -0.15) is 5.10 Å². The third-order valence-corrected chi connectivity index (χ3v) is 5.12. The smallest absolute Gasteiger partial charge is 0.322 e. The van der Waals surface area contributed by atoms with Gasteiger partial charge in [0.2, 0.25) is 0 Å². The molecule has 1 saturated heterocycles. The van der Waals surface area contributed by atoms with Crippen molar-refractivity contribution in [3.05, 3.63) is 52.9 Å². The van der Waals surface area contributed by atoms with Crippen LogP contribution in [0.15, 0.2) is 41.8 Å². The van der Waals surface area contributed by atoms with Crippen molar-refractivity contribution in [3.63, 3.8) is 0 Å². The molecule has 0 spiro atoms. The van der Waals surface area contributed by atoms with Gasteiger partial charge in [-0.25, -0.2) is 4.79 Å². The Balaban J connectivity index is 1.50. The van der Waals surface area contributed by atoms with Gasteiger partial charge in [0.1, 0.15) is 0 Å². The van der Waals surface area contributed by atoms with Crippen LogP contribution in [0.3, 0.4) is 0 Å². The van der Waals surface area contributed by atoms with Gasteiger partial charge in [0, 0.05) is 30.4 Å². The van der Waals surface area contributed by atoms with E-state index in [4.69, 9.17) is 0 Å². The zero-order valence-corrected chi connectivity index (χ0v) is 14.9. The first-order valence-corrected chi connectivity index (χ1v) is 9.06. The Morgan fingerprint density at radius 3 is 2.88 bits per heavy atom. The summed E-state index contributed by atoms with van der Waals surface area (Å²) in [5, 5.41) is 14.6. The molecule has 3 heterocycles. The number of hydrogen-bond donors (Lipinski definition) is 3. The number of hydrogen-bond acceptors (Lipinski definition) is 4. The number of carbonyl (C=O) groups excluding carboxylic acids is 2. The molecule has 7 nitrogen and oxygen atoms in total. The number of anilines is 2. The highest BCUT2D eigenvalue weighted by molar-refractivity contribution is 7.13. The van der Waals surface area contributed by atoms with Gasteiger partial charge in [-0.3, -0.25) is 14.8 Å². The van der Waals surface area contributed by atoms with Crippen LogP contribution >= 0.6 is 11.3 Å². The van der Waals surface area contributed by atoms with Crippen LogP contribution in [0.2, 0.25) is 0 Å². The zero-order chi connectivity index (χ0) is 18.1. The summed E-state index contributed by atoms with van der Waals surface area (Å²) in [6.07, 6.45) is 0. The third-order valence-electron chi connectivity index (χ3n) is 4.21. The molecule has 0 saturated carbocycles. The van der Waals surface area contributed by atoms with Crippen molar-refractivity contribution in [1.82, 2.24) is 15.5 Å². The Labute approximate surface area is 154 Å². The summed E-state index contributed by atoms with van der Waals surface area (Å²) >= 11 is 1.60. The number of H-pyrrole nitrogens is 1. The fraction of sp³-hybridized carbons (Fsp3) is 0.167. The van der Waals surface area contributed by atoms with E-state index in [0.717, 1.165) is 21.8 Å². The topological polar surface area (TPSA) is 90.1 Å². The molecule has 1 aliphatic heterocycles. The van der Waals surface area contributed by atoms with Crippen LogP contribution < -0.4 is 15.5 Å². The van der Waals surface area contributed by atoms with E-state index in [1.54, 1.807) is 40.5 Å². The minimum Gasteiger partial charge on any atom is -0.336 e. The maximum Gasteiger partial charge on any atom is 0.322 e. The standard InChI is InChI=1S/C18H17N5O2S/c1-11-9-12(4-5-14(11)23-7-6-19-18(23)25)17(24)20-16-10-13(21-22-16)15-3-2-8-26-15/h2-5,8-10H,6-7H2,1H3,(H,19,25)(H2,20,21,22,24). The third kappa shape index (κ3) is 3.06. The Morgan fingerprint density at radius 2 is 2.19 bits per heavy atom. The average Bonchev–Trinajstić information content (AvgIpc) is 3.36. The predicted molar refractivity (Wildman–Crippen MR) is 102 cm³/mol. The molecule has 132 valence electrons. The summed E-state index contributed by atoms with van der Waals surface area (Å²) in [6, 6.07) is 10.9. The van der Waals surface area contributed by atoms with E-state index in [2.05, 4.69) is 20.8 Å². The number of urea groups is 1. The van der Waals surface area contributed by atoms with Crippen molar-refractivity contribution in [2.45, 2.75) is 6.92 Å². The molecule has 2 aromatic heterocycles. The van der Waals surface area contributed by atoms with Crippen LogP contribution in [0.1, 0.15) is 15.9 Å². The normalized spacial score (nSPS) is 13.7. The summed E-state index contributed by atoms with van der Waals surface area (Å²) < 4.78 is 0. The summed E-state index contributed by atoms with van der Waals surface area (Å²) in [7, 11) is 0. The van der Waals surface area contributed by atoms with E-state index >= 15 is 0 Å². The highest BCUT2D eigenvalue weighted by atomic mass is 32.1. The number of aromatic nitrogens is 2. The van der Waals surface area contributed by atoms with Gasteiger partial charge in [-0.05, 0) is 42.1 Å². The summed E-state index contributed by atoms with van der Waals surface area (Å²) in [4.78, 5) is 27.1. The number of rotatable bonds is 4. The Bertz CT molecular complexity index is 964. The van der Waals surface area contributed by atoms with Crippen molar-refractivity contribution in [3.8, 4) is 10.6 Å². The van der Waals surface area contributed by atoms with Crippen molar-refractivity contribution >= 4 is 34.8 Å². The van der Waals surface area contributed by atoms with Crippen molar-refractivity contribution in [2.75, 3.05) is 23.3 Å². The molecule has 3 amide bonds. The van der Waals surface area contributed by atoms with Crippen LogP contribution in [0.4, 0.5) is 16.3 Å². The Morgan fingerprint density at radius 1 is 1.31 bits per heavy atom. The largest absolute Gasteiger partial charge is 0.336 e. The van der Waals surface area contributed by atoms with Crippen LogP contribution in [0, 0.1) is 6.92 Å². The number of benzene rings is 1. The molecule has 0 aliphatic carbocycles. The van der Waals surface area contributed by atoms with Gasteiger partial charge in [0.05, 0.1) is 10.6 Å². The number of amides is 3. The van der Waals surface area contributed by atoms with Gasteiger partial charge in [-0.15, -0.1) is 11.3 Å². The van der Waals surface area contributed by atoms with E-state index in [9.17, 15) is 9.59 Å². The fourth-order valence-corrected chi connectivity index (χ4v) is 3.63. The molecule has 26 heavy (non-hydrogen) atoms. The fourth-order valence-electron chi connectivity index (χ4n) is 2.93. The lowest BCUT2D eigenvalue weighted by molar-refractivity contribution is 0.102. The molecular formula is C18H17N5O2S. The van der Waals surface area contributed by atoms with E-state index in [1.165, 1.54) is 0 Å². The van der Waals surface area contributed by atoms with Gasteiger partial charge >= 0.3 is 6.03 Å². The molecule has 0 radical (unpaired) electrons. The first-order chi connectivity index (χ1) is 12.6. The van der Waals surface area contributed by atoms with E-state index in [0.29, 0.717) is 24.5 Å². The number of nitrogens with one attached hydrogen (secondary N) is 3. The predicted octanol–water partition coefficient (Wildman–Crippen LogP) is 3.23. The summed E-state index contributed by atoms with van der Waals surface area (Å²) in [6.45, 7) is 3.15. The lowest BCUT2D eigenvalue weighted by Crippen LogP contribution is -2.28. The van der Waals surface area contributed by atoms with Crippen LogP contribution in [-0.2, 0) is 0 Å². The Kier molecular flexibility index (Phi) is 4.18. The number of carbonyl (C=O) groups is 2. The monoisotopic (exact) mass is 367 g/mol. The van der Waals surface area contributed by atoms with Gasteiger partial charge in [0.25, 0.3) is 5.91 Å². The molecule has 0 unspecified atom stereocenters. The molecule has 8 heteroatoms. The molecule has 0 bridgehead atoms. The Hall–Kier alpha value is -3.13. The lowest BCUT2D eigenvalue weighted by atomic mass is 10.1. The maximum atomic E-state index is 12.5. The molecule has 3 N–H and O–H groups in total. The average molecular weight is 367 g/mol. The minimum absolute atomic E-state index is 0.108. The highest BCUT2D eigenvalue weighted by Crippen LogP contribution is 2.25. The van der Waals surface area contributed by atoms with Crippen LogP contribution in [0.25, 0.3) is 10.6 Å². The zero-order valence-electron chi connectivity index (χ0n) is 14.1. The minimum atomic E-state index is -0.241. The van der Waals surface area contributed by atoms with E-state index in [1.807, 2.05) is 24.4 Å². The van der Waals surface area contributed by atoms with Gasteiger partial charge in [0.15, 0.2) is 5.82 Å². The van der Waals surface area contributed by atoms with Gasteiger partial charge in [-0.1, -0.05) is 6.07 Å². The number of aromatic amines is 1. The molecule has 1 aliphatic rings. The van der Waals surface area contributed by atoms with E-state index < -0.39 is 0 Å². The van der Waals surface area contributed by atoms with Gasteiger partial charge < -0.3 is 10.6 Å². The van der Waals surface area contributed by atoms with Crippen molar-refractivity contribution in [2.24, 2.45) is 0 Å². The molecule has 0 atom stereocenters. The second-order valence-corrected chi connectivity index (χ2v) is 6.93. The number of thiophene rings is 1. The highest BCUT2D eigenvalue weighted by Gasteiger charge is 2.23.